The lowest BCUT2D eigenvalue weighted by Crippen LogP contribution is -1.79. The Morgan fingerprint density at radius 2 is 2.08 bits per heavy atom. The number of hydrogen-bond donors (Lipinski definition) is 1. The SMILES string of the molecule is c1cc2c3cc[nH]c3ccn2c1. The molecule has 0 bridgehead atoms. The summed E-state index contributed by atoms with van der Waals surface area (Å²) in [7, 11) is 0. The summed E-state index contributed by atoms with van der Waals surface area (Å²) in [4.78, 5) is 3.19. The fourth-order valence-electron chi connectivity index (χ4n) is 1.65. The number of H-pyrrole nitrogens is 1. The first-order valence-electron chi connectivity index (χ1n) is 3.98. The maximum absolute atomic E-state index is 3.19. The van der Waals surface area contributed by atoms with Gasteiger partial charge in [-0.25, -0.2) is 0 Å². The normalized spacial score (nSPS) is 11.3. The largest absolute Gasteiger partial charge is 0.361 e. The predicted molar refractivity (Wildman–Crippen MR) is 49.3 cm³/mol. The van der Waals surface area contributed by atoms with Gasteiger partial charge in [-0.1, -0.05) is 0 Å². The molecule has 3 aromatic heterocycles. The van der Waals surface area contributed by atoms with E-state index in [4.69, 9.17) is 0 Å². The van der Waals surface area contributed by atoms with Crippen molar-refractivity contribution in [3.05, 3.63) is 42.9 Å². The molecule has 0 atom stereocenters. The van der Waals surface area contributed by atoms with Crippen molar-refractivity contribution < 1.29 is 0 Å². The molecule has 3 rings (SSSR count). The van der Waals surface area contributed by atoms with E-state index in [1.807, 2.05) is 6.20 Å². The molecule has 0 aliphatic rings. The van der Waals surface area contributed by atoms with Gasteiger partial charge >= 0.3 is 0 Å². The summed E-state index contributed by atoms with van der Waals surface area (Å²) in [5.74, 6) is 0. The first-order valence-corrected chi connectivity index (χ1v) is 3.98. The van der Waals surface area contributed by atoms with Crippen molar-refractivity contribution in [2.24, 2.45) is 0 Å². The summed E-state index contributed by atoms with van der Waals surface area (Å²) < 4.78 is 2.12. The summed E-state index contributed by atoms with van der Waals surface area (Å²) >= 11 is 0. The van der Waals surface area contributed by atoms with E-state index in [0.29, 0.717) is 0 Å². The third-order valence-corrected chi connectivity index (χ3v) is 2.24. The lowest BCUT2D eigenvalue weighted by molar-refractivity contribution is 1.21. The van der Waals surface area contributed by atoms with Gasteiger partial charge in [-0.15, -0.1) is 0 Å². The molecule has 3 heterocycles. The highest BCUT2D eigenvalue weighted by Gasteiger charge is 1.98. The summed E-state index contributed by atoms with van der Waals surface area (Å²) in [6.07, 6.45) is 6.09. The number of aromatic nitrogens is 2. The van der Waals surface area contributed by atoms with Gasteiger partial charge in [-0.2, -0.15) is 0 Å². The molecule has 0 aliphatic carbocycles. The number of pyridine rings is 1. The fraction of sp³-hybridized carbons (Fsp3) is 0. The number of hydrogen-bond acceptors (Lipinski definition) is 0. The van der Waals surface area contributed by atoms with E-state index in [2.05, 4.69) is 46.0 Å². The standard InChI is InChI=1S/C10H8N2/c1-2-10-8-3-5-11-9(8)4-7-12(10)6-1/h1-7,11H. The van der Waals surface area contributed by atoms with Crippen LogP contribution >= 0.6 is 0 Å². The zero-order valence-electron chi connectivity index (χ0n) is 6.49. The monoisotopic (exact) mass is 156 g/mol. The summed E-state index contributed by atoms with van der Waals surface area (Å²) in [6, 6.07) is 8.37. The van der Waals surface area contributed by atoms with Crippen molar-refractivity contribution in [1.29, 1.82) is 0 Å². The van der Waals surface area contributed by atoms with Crippen molar-refractivity contribution in [3.63, 3.8) is 0 Å². The second-order valence-corrected chi connectivity index (χ2v) is 2.92. The highest BCUT2D eigenvalue weighted by Crippen LogP contribution is 2.18. The van der Waals surface area contributed by atoms with Crippen LogP contribution in [0.5, 0.6) is 0 Å². The van der Waals surface area contributed by atoms with Crippen molar-refractivity contribution >= 4 is 16.4 Å². The maximum atomic E-state index is 3.19. The van der Waals surface area contributed by atoms with Crippen LogP contribution in [-0.4, -0.2) is 9.38 Å². The molecule has 2 heteroatoms. The Kier molecular flexibility index (Phi) is 0.939. The molecule has 0 unspecified atom stereocenters. The van der Waals surface area contributed by atoms with Gasteiger partial charge in [0.25, 0.3) is 0 Å². The number of fused-ring (bicyclic) bond motifs is 3. The van der Waals surface area contributed by atoms with Gasteiger partial charge in [0.1, 0.15) is 0 Å². The first kappa shape index (κ1) is 5.89. The minimum atomic E-state index is 1.20. The van der Waals surface area contributed by atoms with Crippen LogP contribution in [0.3, 0.4) is 0 Å². The van der Waals surface area contributed by atoms with E-state index < -0.39 is 0 Å². The van der Waals surface area contributed by atoms with Crippen molar-refractivity contribution in [2.75, 3.05) is 0 Å². The minimum absolute atomic E-state index is 1.20. The molecule has 0 saturated heterocycles. The molecule has 2 nitrogen and oxygen atoms in total. The van der Waals surface area contributed by atoms with Crippen molar-refractivity contribution in [1.82, 2.24) is 9.38 Å². The van der Waals surface area contributed by atoms with E-state index in [1.54, 1.807) is 0 Å². The van der Waals surface area contributed by atoms with Gasteiger partial charge in [0, 0.05) is 29.5 Å². The van der Waals surface area contributed by atoms with E-state index in [0.717, 1.165) is 0 Å². The maximum Gasteiger partial charge on any atom is 0.0543 e. The Balaban J connectivity index is 2.71. The zero-order valence-corrected chi connectivity index (χ0v) is 6.49. The zero-order chi connectivity index (χ0) is 7.97. The molecule has 3 aromatic rings. The Morgan fingerprint density at radius 1 is 1.08 bits per heavy atom. The topological polar surface area (TPSA) is 20.2 Å². The van der Waals surface area contributed by atoms with Gasteiger partial charge < -0.3 is 9.38 Å². The third-order valence-electron chi connectivity index (χ3n) is 2.24. The number of aromatic amines is 1. The number of nitrogens with zero attached hydrogens (tertiary/aromatic N) is 1. The number of rotatable bonds is 0. The average molecular weight is 156 g/mol. The lowest BCUT2D eigenvalue weighted by atomic mass is 10.3. The molecule has 12 heavy (non-hydrogen) atoms. The molecule has 0 fully saturated rings. The molecule has 1 N–H and O–H groups in total. The molecular formula is C10H8N2. The molecule has 0 saturated carbocycles. The summed E-state index contributed by atoms with van der Waals surface area (Å²) in [5, 5.41) is 1.28. The molecule has 0 spiro atoms. The van der Waals surface area contributed by atoms with E-state index in [9.17, 15) is 0 Å². The highest BCUT2D eigenvalue weighted by atomic mass is 14.9. The van der Waals surface area contributed by atoms with Crippen LogP contribution in [0.2, 0.25) is 0 Å². The molecule has 0 aromatic carbocycles. The van der Waals surface area contributed by atoms with Crippen LogP contribution in [0.25, 0.3) is 16.4 Å². The molecule has 58 valence electrons. The lowest BCUT2D eigenvalue weighted by Gasteiger charge is -1.94. The van der Waals surface area contributed by atoms with Crippen LogP contribution in [0.15, 0.2) is 42.9 Å². The smallest absolute Gasteiger partial charge is 0.0543 e. The van der Waals surface area contributed by atoms with Crippen LogP contribution in [-0.2, 0) is 0 Å². The first-order chi connectivity index (χ1) is 5.95. The second-order valence-electron chi connectivity index (χ2n) is 2.92. The fourth-order valence-corrected chi connectivity index (χ4v) is 1.65. The third kappa shape index (κ3) is 0.593. The second kappa shape index (κ2) is 1.91. The average Bonchev–Trinajstić information content (AvgIpc) is 2.71. The van der Waals surface area contributed by atoms with Crippen LogP contribution in [0.4, 0.5) is 0 Å². The summed E-state index contributed by atoms with van der Waals surface area (Å²) in [5.41, 5.74) is 2.45. The van der Waals surface area contributed by atoms with Crippen LogP contribution in [0, 0.1) is 0 Å². The highest BCUT2D eigenvalue weighted by molar-refractivity contribution is 5.93. The van der Waals surface area contributed by atoms with E-state index >= 15 is 0 Å². The van der Waals surface area contributed by atoms with E-state index in [-0.39, 0.29) is 0 Å². The Hall–Kier alpha value is -1.70. The van der Waals surface area contributed by atoms with Gasteiger partial charge in [0.15, 0.2) is 0 Å². The molecular weight excluding hydrogens is 148 g/mol. The molecule has 0 amide bonds. The van der Waals surface area contributed by atoms with E-state index in [1.165, 1.54) is 16.4 Å². The van der Waals surface area contributed by atoms with Crippen molar-refractivity contribution in [3.8, 4) is 0 Å². The number of nitrogens with one attached hydrogen (secondary N) is 1. The molecule has 0 radical (unpaired) electrons. The quantitative estimate of drug-likeness (QED) is 0.516. The minimum Gasteiger partial charge on any atom is -0.361 e. The van der Waals surface area contributed by atoms with Crippen molar-refractivity contribution in [2.45, 2.75) is 0 Å². The van der Waals surface area contributed by atoms with Gasteiger partial charge in [0.05, 0.1) is 5.52 Å². The van der Waals surface area contributed by atoms with Gasteiger partial charge in [0.2, 0.25) is 0 Å². The van der Waals surface area contributed by atoms with Gasteiger partial charge in [-0.3, -0.25) is 0 Å². The Labute approximate surface area is 69.4 Å². The van der Waals surface area contributed by atoms with Crippen LogP contribution < -0.4 is 0 Å². The summed E-state index contributed by atoms with van der Waals surface area (Å²) in [6.45, 7) is 0. The van der Waals surface area contributed by atoms with Gasteiger partial charge in [-0.05, 0) is 24.3 Å². The predicted octanol–water partition coefficient (Wildman–Crippen LogP) is 2.42. The molecule has 0 aliphatic heterocycles. The Bertz CT molecular complexity index is 481. The Morgan fingerprint density at radius 3 is 3.08 bits per heavy atom. The van der Waals surface area contributed by atoms with Crippen LogP contribution in [0.1, 0.15) is 0 Å².